The standard InChI is InChI=1S/C13H26N2O/c1-4-6-7-8-15(3)9-12-10-16-11-13(12)14-5-2/h4,12-14H,1,5-11H2,2-3H3. The highest BCUT2D eigenvalue weighted by atomic mass is 16.5. The Hall–Kier alpha value is -0.380. The quantitative estimate of drug-likeness (QED) is 0.501. The average molecular weight is 226 g/mol. The van der Waals surface area contributed by atoms with E-state index in [0.29, 0.717) is 12.0 Å². The molecule has 2 unspecified atom stereocenters. The van der Waals surface area contributed by atoms with E-state index in [9.17, 15) is 0 Å². The number of hydrogen-bond acceptors (Lipinski definition) is 3. The highest BCUT2D eigenvalue weighted by Gasteiger charge is 2.27. The molecule has 1 rings (SSSR count). The van der Waals surface area contributed by atoms with Crippen molar-refractivity contribution >= 4 is 0 Å². The predicted octanol–water partition coefficient (Wildman–Crippen LogP) is 1.51. The molecule has 1 fully saturated rings. The SMILES string of the molecule is C=CCCCN(C)CC1COCC1NCC. The Kier molecular flexibility index (Phi) is 6.69. The van der Waals surface area contributed by atoms with Crippen LogP contribution in [0, 0.1) is 5.92 Å². The smallest absolute Gasteiger partial charge is 0.0623 e. The normalized spacial score (nSPS) is 25.2. The zero-order valence-electron chi connectivity index (χ0n) is 10.7. The summed E-state index contributed by atoms with van der Waals surface area (Å²) in [7, 11) is 2.20. The fourth-order valence-electron chi connectivity index (χ4n) is 2.26. The fourth-order valence-corrected chi connectivity index (χ4v) is 2.26. The van der Waals surface area contributed by atoms with Crippen molar-refractivity contribution in [1.29, 1.82) is 0 Å². The third-order valence-electron chi connectivity index (χ3n) is 3.16. The van der Waals surface area contributed by atoms with Gasteiger partial charge in [0.05, 0.1) is 13.2 Å². The topological polar surface area (TPSA) is 24.5 Å². The molecule has 2 atom stereocenters. The highest BCUT2D eigenvalue weighted by Crippen LogP contribution is 2.14. The van der Waals surface area contributed by atoms with Gasteiger partial charge in [-0.25, -0.2) is 0 Å². The number of rotatable bonds is 8. The van der Waals surface area contributed by atoms with Crippen LogP contribution in [0.4, 0.5) is 0 Å². The first kappa shape index (κ1) is 13.7. The summed E-state index contributed by atoms with van der Waals surface area (Å²) in [6, 6.07) is 0.548. The molecule has 0 aromatic rings. The fraction of sp³-hybridized carbons (Fsp3) is 0.846. The van der Waals surface area contributed by atoms with Crippen LogP contribution >= 0.6 is 0 Å². The molecule has 0 bridgehead atoms. The molecule has 1 aliphatic rings. The minimum absolute atomic E-state index is 0.548. The summed E-state index contributed by atoms with van der Waals surface area (Å²) in [5.74, 6) is 0.647. The van der Waals surface area contributed by atoms with Gasteiger partial charge in [0.1, 0.15) is 0 Å². The molecular weight excluding hydrogens is 200 g/mol. The van der Waals surface area contributed by atoms with Crippen LogP contribution in [0.15, 0.2) is 12.7 Å². The highest BCUT2D eigenvalue weighted by molar-refractivity contribution is 4.82. The molecule has 1 saturated heterocycles. The van der Waals surface area contributed by atoms with E-state index in [1.807, 2.05) is 6.08 Å². The summed E-state index contributed by atoms with van der Waals surface area (Å²) < 4.78 is 5.54. The van der Waals surface area contributed by atoms with E-state index < -0.39 is 0 Å². The zero-order valence-corrected chi connectivity index (χ0v) is 10.7. The van der Waals surface area contributed by atoms with Crippen molar-refractivity contribution in [3.8, 4) is 0 Å². The Morgan fingerprint density at radius 2 is 2.31 bits per heavy atom. The van der Waals surface area contributed by atoms with Crippen molar-refractivity contribution < 1.29 is 4.74 Å². The molecule has 0 amide bonds. The maximum atomic E-state index is 5.54. The van der Waals surface area contributed by atoms with Gasteiger partial charge in [-0.05, 0) is 33.0 Å². The Balaban J connectivity index is 2.20. The van der Waals surface area contributed by atoms with Crippen LogP contribution in [0.2, 0.25) is 0 Å². The van der Waals surface area contributed by atoms with E-state index in [1.165, 1.54) is 6.42 Å². The number of likely N-dealkylation sites (N-methyl/N-ethyl adjacent to an activating group) is 1. The Bertz CT molecular complexity index is 196. The number of unbranched alkanes of at least 4 members (excludes halogenated alkanes) is 1. The molecule has 0 spiro atoms. The second-order valence-electron chi connectivity index (χ2n) is 4.65. The zero-order chi connectivity index (χ0) is 11.8. The molecular formula is C13H26N2O. The van der Waals surface area contributed by atoms with Crippen molar-refractivity contribution in [3.05, 3.63) is 12.7 Å². The molecule has 0 aromatic carbocycles. The Morgan fingerprint density at radius 3 is 3.00 bits per heavy atom. The number of nitrogens with zero attached hydrogens (tertiary/aromatic N) is 1. The lowest BCUT2D eigenvalue weighted by Gasteiger charge is -2.24. The van der Waals surface area contributed by atoms with Crippen LogP contribution < -0.4 is 5.32 Å². The Labute approximate surface area is 99.8 Å². The van der Waals surface area contributed by atoms with Crippen LogP contribution in [0.1, 0.15) is 19.8 Å². The van der Waals surface area contributed by atoms with Gasteiger partial charge in [-0.3, -0.25) is 0 Å². The molecule has 1 N–H and O–H groups in total. The van der Waals surface area contributed by atoms with E-state index in [4.69, 9.17) is 4.74 Å². The van der Waals surface area contributed by atoms with Gasteiger partial charge in [-0.2, -0.15) is 0 Å². The number of nitrogens with one attached hydrogen (secondary N) is 1. The number of allylic oxidation sites excluding steroid dienone is 1. The van der Waals surface area contributed by atoms with Crippen molar-refractivity contribution in [2.75, 3.05) is 39.9 Å². The van der Waals surface area contributed by atoms with Gasteiger partial charge in [-0.15, -0.1) is 6.58 Å². The molecule has 0 radical (unpaired) electrons. The van der Waals surface area contributed by atoms with Crippen LogP contribution in [0.3, 0.4) is 0 Å². The average Bonchev–Trinajstić information content (AvgIpc) is 2.67. The second kappa shape index (κ2) is 7.82. The lowest BCUT2D eigenvalue weighted by molar-refractivity contribution is 0.173. The van der Waals surface area contributed by atoms with Crippen molar-refractivity contribution in [3.63, 3.8) is 0 Å². The third-order valence-corrected chi connectivity index (χ3v) is 3.16. The van der Waals surface area contributed by atoms with E-state index in [0.717, 1.165) is 39.3 Å². The molecule has 0 aliphatic carbocycles. The first-order valence-corrected chi connectivity index (χ1v) is 6.38. The maximum Gasteiger partial charge on any atom is 0.0623 e. The lowest BCUT2D eigenvalue weighted by Crippen LogP contribution is -2.40. The van der Waals surface area contributed by atoms with Crippen molar-refractivity contribution in [2.24, 2.45) is 5.92 Å². The predicted molar refractivity (Wildman–Crippen MR) is 68.7 cm³/mol. The third kappa shape index (κ3) is 4.64. The molecule has 16 heavy (non-hydrogen) atoms. The van der Waals surface area contributed by atoms with Gasteiger partial charge >= 0.3 is 0 Å². The molecule has 3 heteroatoms. The van der Waals surface area contributed by atoms with Gasteiger partial charge < -0.3 is 15.0 Å². The molecule has 1 heterocycles. The summed E-state index contributed by atoms with van der Waals surface area (Å²) in [5, 5.41) is 3.50. The summed E-state index contributed by atoms with van der Waals surface area (Å²) >= 11 is 0. The van der Waals surface area contributed by atoms with Crippen LogP contribution in [0.25, 0.3) is 0 Å². The Morgan fingerprint density at radius 1 is 1.50 bits per heavy atom. The van der Waals surface area contributed by atoms with Crippen molar-refractivity contribution in [1.82, 2.24) is 10.2 Å². The van der Waals surface area contributed by atoms with Crippen molar-refractivity contribution in [2.45, 2.75) is 25.8 Å². The summed E-state index contributed by atoms with van der Waals surface area (Å²) in [6.45, 7) is 11.0. The first-order valence-electron chi connectivity index (χ1n) is 6.38. The van der Waals surface area contributed by atoms with E-state index in [2.05, 4.69) is 30.8 Å². The number of ether oxygens (including phenoxy) is 1. The second-order valence-corrected chi connectivity index (χ2v) is 4.65. The molecule has 1 aliphatic heterocycles. The summed E-state index contributed by atoms with van der Waals surface area (Å²) in [6.07, 6.45) is 4.32. The van der Waals surface area contributed by atoms with Crippen LogP contribution in [-0.2, 0) is 4.74 Å². The molecule has 3 nitrogen and oxygen atoms in total. The monoisotopic (exact) mass is 226 g/mol. The van der Waals surface area contributed by atoms with Gasteiger partial charge in [-0.1, -0.05) is 13.0 Å². The van der Waals surface area contributed by atoms with E-state index in [-0.39, 0.29) is 0 Å². The van der Waals surface area contributed by atoms with Gasteiger partial charge in [0.25, 0.3) is 0 Å². The first-order chi connectivity index (χ1) is 7.77. The van der Waals surface area contributed by atoms with Crippen LogP contribution in [0.5, 0.6) is 0 Å². The van der Waals surface area contributed by atoms with Gasteiger partial charge in [0.2, 0.25) is 0 Å². The summed E-state index contributed by atoms with van der Waals surface area (Å²) in [5.41, 5.74) is 0. The number of hydrogen-bond donors (Lipinski definition) is 1. The largest absolute Gasteiger partial charge is 0.379 e. The minimum atomic E-state index is 0.548. The van der Waals surface area contributed by atoms with E-state index in [1.54, 1.807) is 0 Å². The molecule has 0 aromatic heterocycles. The minimum Gasteiger partial charge on any atom is -0.379 e. The molecule has 0 saturated carbocycles. The van der Waals surface area contributed by atoms with E-state index >= 15 is 0 Å². The van der Waals surface area contributed by atoms with Crippen LogP contribution in [-0.4, -0.2) is 50.8 Å². The lowest BCUT2D eigenvalue weighted by atomic mass is 10.0. The maximum absolute atomic E-state index is 5.54. The molecule has 94 valence electrons. The summed E-state index contributed by atoms with van der Waals surface area (Å²) in [4.78, 5) is 2.41. The van der Waals surface area contributed by atoms with Gasteiger partial charge in [0.15, 0.2) is 0 Å². The van der Waals surface area contributed by atoms with Gasteiger partial charge in [0, 0.05) is 18.5 Å².